The van der Waals surface area contributed by atoms with E-state index in [4.69, 9.17) is 5.26 Å². The fourth-order valence-electron chi connectivity index (χ4n) is 2.86. The molecule has 8 nitrogen and oxygen atoms in total. The molecule has 0 unspecified atom stereocenters. The zero-order valence-corrected chi connectivity index (χ0v) is 16.2. The maximum absolute atomic E-state index is 12.6. The van der Waals surface area contributed by atoms with Gasteiger partial charge in [0.1, 0.15) is 11.6 Å². The predicted molar refractivity (Wildman–Crippen MR) is 111 cm³/mol. The van der Waals surface area contributed by atoms with E-state index in [1.807, 2.05) is 6.07 Å². The number of nitrogens with one attached hydrogen (secondary N) is 1. The predicted octanol–water partition coefficient (Wildman–Crippen LogP) is 2.04. The van der Waals surface area contributed by atoms with Crippen LogP contribution in [0.5, 0.6) is 0 Å². The van der Waals surface area contributed by atoms with Gasteiger partial charge in [0.25, 0.3) is 11.5 Å². The number of hydrogen-bond donors (Lipinski definition) is 1. The number of nitrogens with zero attached hydrogens (tertiary/aromatic N) is 3. The van der Waals surface area contributed by atoms with Gasteiger partial charge in [-0.25, -0.2) is 4.79 Å². The van der Waals surface area contributed by atoms with Crippen molar-refractivity contribution in [3.05, 3.63) is 98.3 Å². The average Bonchev–Trinajstić information content (AvgIpc) is 2.77. The molecule has 0 spiro atoms. The number of rotatable bonds is 6. The first-order valence-corrected chi connectivity index (χ1v) is 9.18. The molecule has 0 fully saturated rings. The molecule has 3 aromatic rings. The van der Waals surface area contributed by atoms with Gasteiger partial charge >= 0.3 is 5.69 Å². The molecule has 1 aromatic heterocycles. The van der Waals surface area contributed by atoms with E-state index in [-0.39, 0.29) is 23.6 Å². The first-order chi connectivity index (χ1) is 14.4. The van der Waals surface area contributed by atoms with Crippen molar-refractivity contribution in [1.29, 1.82) is 5.26 Å². The SMILES string of the molecule is CCn1cc(C#N)c(=O)n(CC(=O)c2ccc(NC(=O)c3ccccc3)cc2)c1=O. The molecular weight excluding hydrogens is 384 g/mol. The fourth-order valence-corrected chi connectivity index (χ4v) is 2.86. The lowest BCUT2D eigenvalue weighted by Gasteiger charge is -2.09. The van der Waals surface area contributed by atoms with Gasteiger partial charge in [-0.1, -0.05) is 18.2 Å². The molecule has 0 saturated carbocycles. The van der Waals surface area contributed by atoms with E-state index in [1.165, 1.54) is 22.9 Å². The molecule has 1 heterocycles. The van der Waals surface area contributed by atoms with Crippen LogP contribution in [0, 0.1) is 11.3 Å². The number of aromatic nitrogens is 2. The number of Topliss-reactive ketones (excluding diaryl/α,β-unsaturated/α-hetero) is 1. The van der Waals surface area contributed by atoms with Crippen molar-refractivity contribution in [1.82, 2.24) is 9.13 Å². The lowest BCUT2D eigenvalue weighted by Crippen LogP contribution is -2.42. The summed E-state index contributed by atoms with van der Waals surface area (Å²) in [6.45, 7) is 1.47. The number of carbonyl (C=O) groups is 2. The molecule has 30 heavy (non-hydrogen) atoms. The van der Waals surface area contributed by atoms with Crippen LogP contribution < -0.4 is 16.6 Å². The summed E-state index contributed by atoms with van der Waals surface area (Å²) in [5.41, 5.74) is -0.388. The monoisotopic (exact) mass is 402 g/mol. The second kappa shape index (κ2) is 8.84. The smallest absolute Gasteiger partial charge is 0.322 e. The lowest BCUT2D eigenvalue weighted by molar-refractivity contribution is 0.0967. The van der Waals surface area contributed by atoms with Gasteiger partial charge < -0.3 is 5.32 Å². The molecule has 0 aliphatic heterocycles. The summed E-state index contributed by atoms with van der Waals surface area (Å²) in [5.74, 6) is -0.748. The van der Waals surface area contributed by atoms with Crippen LogP contribution in [0.25, 0.3) is 0 Å². The van der Waals surface area contributed by atoms with Crippen LogP contribution in [0.1, 0.15) is 33.2 Å². The Morgan fingerprint density at radius 3 is 2.27 bits per heavy atom. The number of amides is 1. The zero-order valence-electron chi connectivity index (χ0n) is 16.2. The van der Waals surface area contributed by atoms with Crippen LogP contribution in [-0.2, 0) is 13.1 Å². The number of nitriles is 1. The Kier molecular flexibility index (Phi) is 6.03. The second-order valence-electron chi connectivity index (χ2n) is 6.44. The van der Waals surface area contributed by atoms with E-state index in [0.717, 1.165) is 4.57 Å². The van der Waals surface area contributed by atoms with Crippen molar-refractivity contribution in [2.24, 2.45) is 0 Å². The minimum Gasteiger partial charge on any atom is -0.322 e. The van der Waals surface area contributed by atoms with E-state index in [2.05, 4.69) is 5.32 Å². The zero-order chi connectivity index (χ0) is 21.7. The summed E-state index contributed by atoms with van der Waals surface area (Å²) in [7, 11) is 0. The summed E-state index contributed by atoms with van der Waals surface area (Å²) >= 11 is 0. The topological polar surface area (TPSA) is 114 Å². The van der Waals surface area contributed by atoms with Crippen molar-refractivity contribution in [3.8, 4) is 6.07 Å². The Morgan fingerprint density at radius 1 is 1.00 bits per heavy atom. The number of ketones is 1. The third kappa shape index (κ3) is 4.25. The minimum atomic E-state index is -0.799. The molecular formula is C22H18N4O4. The van der Waals surface area contributed by atoms with Crippen molar-refractivity contribution >= 4 is 17.4 Å². The average molecular weight is 402 g/mol. The summed E-state index contributed by atoms with van der Waals surface area (Å²) in [6.07, 6.45) is 1.19. The van der Waals surface area contributed by atoms with Crippen LogP contribution in [0.2, 0.25) is 0 Å². The van der Waals surface area contributed by atoms with Crippen molar-refractivity contribution < 1.29 is 9.59 Å². The van der Waals surface area contributed by atoms with Gasteiger partial charge in [-0.2, -0.15) is 5.26 Å². The van der Waals surface area contributed by atoms with Gasteiger partial charge in [-0.3, -0.25) is 23.5 Å². The molecule has 0 atom stereocenters. The second-order valence-corrected chi connectivity index (χ2v) is 6.44. The van der Waals surface area contributed by atoms with Crippen LogP contribution in [0.4, 0.5) is 5.69 Å². The van der Waals surface area contributed by atoms with E-state index in [1.54, 1.807) is 49.4 Å². The quantitative estimate of drug-likeness (QED) is 0.634. The van der Waals surface area contributed by atoms with Gasteiger partial charge in [0.2, 0.25) is 0 Å². The number of aryl methyl sites for hydroxylation is 1. The summed E-state index contributed by atoms with van der Waals surface area (Å²) in [5, 5.41) is 11.8. The Labute approximate surface area is 171 Å². The third-order valence-corrected chi connectivity index (χ3v) is 4.50. The Balaban J connectivity index is 1.79. The fraction of sp³-hybridized carbons (Fsp3) is 0.136. The molecule has 1 amide bonds. The van der Waals surface area contributed by atoms with Gasteiger partial charge in [-0.15, -0.1) is 0 Å². The molecule has 0 bridgehead atoms. The van der Waals surface area contributed by atoms with Gasteiger partial charge in [0, 0.05) is 29.6 Å². The maximum Gasteiger partial charge on any atom is 0.331 e. The standard InChI is InChI=1S/C22H18N4O4/c1-2-25-13-17(12-23)21(29)26(22(25)30)14-19(27)15-8-10-18(11-9-15)24-20(28)16-6-4-3-5-7-16/h3-11,13H,2,14H2,1H3,(H,24,28). The molecule has 2 aromatic carbocycles. The Hall–Kier alpha value is -4.25. The Bertz CT molecular complexity index is 1250. The molecule has 8 heteroatoms. The van der Waals surface area contributed by atoms with E-state index < -0.39 is 23.6 Å². The highest BCUT2D eigenvalue weighted by Gasteiger charge is 2.15. The number of benzene rings is 2. The molecule has 0 saturated heterocycles. The molecule has 0 aliphatic rings. The van der Waals surface area contributed by atoms with Crippen molar-refractivity contribution in [2.75, 3.05) is 5.32 Å². The molecule has 3 rings (SSSR count). The van der Waals surface area contributed by atoms with Crippen LogP contribution >= 0.6 is 0 Å². The molecule has 150 valence electrons. The Morgan fingerprint density at radius 2 is 1.67 bits per heavy atom. The van der Waals surface area contributed by atoms with Crippen molar-refractivity contribution in [3.63, 3.8) is 0 Å². The number of carbonyl (C=O) groups excluding carboxylic acids is 2. The maximum atomic E-state index is 12.6. The largest absolute Gasteiger partial charge is 0.331 e. The van der Waals surface area contributed by atoms with E-state index in [0.29, 0.717) is 11.3 Å². The summed E-state index contributed by atoms with van der Waals surface area (Å²) in [4.78, 5) is 49.5. The normalized spacial score (nSPS) is 10.3. The first-order valence-electron chi connectivity index (χ1n) is 9.18. The molecule has 0 aliphatic carbocycles. The highest BCUT2D eigenvalue weighted by atomic mass is 16.2. The molecule has 1 N–H and O–H groups in total. The highest BCUT2D eigenvalue weighted by Crippen LogP contribution is 2.12. The number of hydrogen-bond acceptors (Lipinski definition) is 5. The van der Waals surface area contributed by atoms with Gasteiger partial charge in [0.05, 0.1) is 6.54 Å². The number of anilines is 1. The van der Waals surface area contributed by atoms with Crippen LogP contribution in [0.15, 0.2) is 70.4 Å². The molecule has 0 radical (unpaired) electrons. The van der Waals surface area contributed by atoms with Crippen LogP contribution in [0.3, 0.4) is 0 Å². The minimum absolute atomic E-state index is 0.205. The van der Waals surface area contributed by atoms with Crippen LogP contribution in [-0.4, -0.2) is 20.8 Å². The lowest BCUT2D eigenvalue weighted by atomic mass is 10.1. The van der Waals surface area contributed by atoms with Crippen molar-refractivity contribution in [2.45, 2.75) is 20.0 Å². The van der Waals surface area contributed by atoms with E-state index in [9.17, 15) is 19.2 Å². The summed E-state index contributed by atoms with van der Waals surface area (Å²) in [6, 6.07) is 16.6. The third-order valence-electron chi connectivity index (χ3n) is 4.50. The van der Waals surface area contributed by atoms with E-state index >= 15 is 0 Å². The van der Waals surface area contributed by atoms with Gasteiger partial charge in [0.15, 0.2) is 5.78 Å². The summed E-state index contributed by atoms with van der Waals surface area (Å²) < 4.78 is 1.96. The van der Waals surface area contributed by atoms with Gasteiger partial charge in [-0.05, 0) is 43.3 Å². The first kappa shape index (κ1) is 20.5. The highest BCUT2D eigenvalue weighted by molar-refractivity contribution is 6.04.